The second-order valence-corrected chi connectivity index (χ2v) is 9.17. The van der Waals surface area contributed by atoms with E-state index in [1.165, 1.54) is 11.8 Å². The maximum absolute atomic E-state index is 12.6. The van der Waals surface area contributed by atoms with E-state index < -0.39 is 50.5 Å². The highest BCUT2D eigenvalue weighted by atomic mass is 32.3. The smallest absolute Gasteiger partial charge is 0.291 e. The average Bonchev–Trinajstić information content (AvgIpc) is 2.49. The molecular weight excluding hydrogens is 322 g/mol. The minimum atomic E-state index is -4.24. The number of thioether (sulfide) groups is 1. The van der Waals surface area contributed by atoms with Gasteiger partial charge >= 0.3 is 0 Å². The maximum atomic E-state index is 12.6. The summed E-state index contributed by atoms with van der Waals surface area (Å²) in [5.41, 5.74) is 5.60. The summed E-state index contributed by atoms with van der Waals surface area (Å²) in [6, 6.07) is -1.72. The van der Waals surface area contributed by atoms with Gasteiger partial charge in [-0.2, -0.15) is 0 Å². The van der Waals surface area contributed by atoms with Crippen molar-refractivity contribution in [3.63, 3.8) is 0 Å². The molecule has 8 nitrogen and oxygen atoms in total. The summed E-state index contributed by atoms with van der Waals surface area (Å²) >= 11 is 1.19. The Balaban J connectivity index is 2.33. The number of hydrogen-bond acceptors (Lipinski definition) is 9. The predicted molar refractivity (Wildman–Crippen MR) is 75.9 cm³/mol. The van der Waals surface area contributed by atoms with Crippen LogP contribution in [0, 0.1) is 0 Å². The van der Waals surface area contributed by atoms with Gasteiger partial charge < -0.3 is 30.9 Å². The van der Waals surface area contributed by atoms with Crippen LogP contribution in [0.1, 0.15) is 19.3 Å². The monoisotopic (exact) mass is 343 g/mol. The number of aliphatic hydroxyl groups excluding tert-OH is 3. The Kier molecular flexibility index (Phi) is 5.21. The molecule has 0 aromatic carbocycles. The van der Waals surface area contributed by atoms with Gasteiger partial charge in [0.15, 0.2) is 0 Å². The zero-order chi connectivity index (χ0) is 15.8. The fourth-order valence-electron chi connectivity index (χ4n) is 2.56. The first-order valence-electron chi connectivity index (χ1n) is 6.73. The lowest BCUT2D eigenvalue weighted by atomic mass is 9.98. The zero-order valence-corrected chi connectivity index (χ0v) is 13.0. The third kappa shape index (κ3) is 2.83. The Bertz CT molecular complexity index is 465. The summed E-state index contributed by atoms with van der Waals surface area (Å²) in [6.45, 7) is -0.749. The Hall–Kier alpha value is 0.0600. The van der Waals surface area contributed by atoms with Crippen LogP contribution < -0.4 is 5.73 Å². The predicted octanol–water partition coefficient (Wildman–Crippen LogP) is -2.27. The molecule has 10 heteroatoms. The fraction of sp³-hybridized carbons (Fsp3) is 1.00. The highest BCUT2D eigenvalue weighted by Crippen LogP contribution is 2.39. The van der Waals surface area contributed by atoms with Crippen LogP contribution in [0.4, 0.5) is 0 Å². The van der Waals surface area contributed by atoms with E-state index in [0.717, 1.165) is 6.42 Å². The molecule has 0 radical (unpaired) electrons. The van der Waals surface area contributed by atoms with Gasteiger partial charge in [-0.3, -0.25) is 0 Å². The molecule has 6 N–H and O–H groups in total. The standard InChI is InChI=1S/C11H21NO7S2/c12-10-9(15)8(14)6(5-13)19-11(10,16)21(17,18)7-3-1-2-4-20-7/h6-10,13-16H,1-5,12H2/t6-,7?,8-,9+,10+,11?/m1/s1. The maximum Gasteiger partial charge on any atom is 0.291 e. The van der Waals surface area contributed by atoms with E-state index in [1.807, 2.05) is 0 Å². The van der Waals surface area contributed by atoms with E-state index >= 15 is 0 Å². The average molecular weight is 343 g/mol. The van der Waals surface area contributed by atoms with E-state index in [1.54, 1.807) is 0 Å². The normalized spacial score (nSPS) is 45.5. The van der Waals surface area contributed by atoms with Crippen LogP contribution in [-0.4, -0.2) is 75.3 Å². The summed E-state index contributed by atoms with van der Waals surface area (Å²) in [4.78, 5) is 0. The molecule has 0 amide bonds. The number of rotatable bonds is 3. The molecule has 21 heavy (non-hydrogen) atoms. The lowest BCUT2D eigenvalue weighted by molar-refractivity contribution is -0.272. The van der Waals surface area contributed by atoms with Gasteiger partial charge in [0.25, 0.3) is 5.12 Å². The number of aliphatic hydroxyl groups is 4. The summed E-state index contributed by atoms with van der Waals surface area (Å²) in [5, 5.41) is 36.3. The largest absolute Gasteiger partial charge is 0.394 e. The first kappa shape index (κ1) is 17.4. The molecule has 2 aliphatic heterocycles. The van der Waals surface area contributed by atoms with Crippen molar-refractivity contribution < 1.29 is 33.6 Å². The Morgan fingerprint density at radius 3 is 2.48 bits per heavy atom. The SMILES string of the molecule is N[C@H]1[C@@H](O)[C@H](O)[C@@H](CO)OC1(O)S(=O)(=O)C1CCCCS1. The van der Waals surface area contributed by atoms with Crippen molar-refractivity contribution >= 4 is 21.6 Å². The minimum absolute atomic E-state index is 0.355. The minimum Gasteiger partial charge on any atom is -0.394 e. The van der Waals surface area contributed by atoms with Crippen molar-refractivity contribution in [2.45, 2.75) is 53.3 Å². The molecule has 0 aromatic heterocycles. The lowest BCUT2D eigenvalue weighted by Gasteiger charge is -2.46. The van der Waals surface area contributed by atoms with Crippen LogP contribution >= 0.6 is 11.8 Å². The van der Waals surface area contributed by atoms with Crippen LogP contribution in [0.15, 0.2) is 0 Å². The number of sulfone groups is 1. The van der Waals surface area contributed by atoms with E-state index in [9.17, 15) is 23.7 Å². The summed E-state index contributed by atoms with van der Waals surface area (Å²) in [7, 11) is -4.24. The molecule has 2 fully saturated rings. The molecule has 6 atom stereocenters. The Labute approximate surface area is 127 Å². The first-order chi connectivity index (χ1) is 9.75. The summed E-state index contributed by atoms with van der Waals surface area (Å²) < 4.78 is 29.4. The van der Waals surface area contributed by atoms with E-state index in [-0.39, 0.29) is 0 Å². The second-order valence-electron chi connectivity index (χ2n) is 5.32. The van der Waals surface area contributed by atoms with Crippen LogP contribution in [0.5, 0.6) is 0 Å². The van der Waals surface area contributed by atoms with Crippen LogP contribution in [0.3, 0.4) is 0 Å². The quantitative estimate of drug-likeness (QED) is 0.382. The topological polar surface area (TPSA) is 150 Å². The van der Waals surface area contributed by atoms with E-state index in [0.29, 0.717) is 18.6 Å². The Morgan fingerprint density at radius 1 is 1.29 bits per heavy atom. The van der Waals surface area contributed by atoms with Crippen molar-refractivity contribution in [1.82, 2.24) is 0 Å². The van der Waals surface area contributed by atoms with Crippen molar-refractivity contribution in [2.75, 3.05) is 12.4 Å². The zero-order valence-electron chi connectivity index (χ0n) is 11.3. The van der Waals surface area contributed by atoms with Gasteiger partial charge in [-0.25, -0.2) is 8.42 Å². The van der Waals surface area contributed by atoms with Crippen LogP contribution in [0.2, 0.25) is 0 Å². The molecule has 2 saturated heterocycles. The molecule has 0 bridgehead atoms. The van der Waals surface area contributed by atoms with Gasteiger partial charge in [0.05, 0.1) is 6.61 Å². The molecule has 0 saturated carbocycles. The van der Waals surface area contributed by atoms with E-state index in [4.69, 9.17) is 15.6 Å². The fourth-order valence-corrected chi connectivity index (χ4v) is 6.58. The van der Waals surface area contributed by atoms with Gasteiger partial charge in [0.2, 0.25) is 9.84 Å². The number of nitrogens with two attached hydrogens (primary N) is 1. The third-order valence-electron chi connectivity index (χ3n) is 3.91. The molecule has 0 aromatic rings. The second kappa shape index (κ2) is 6.28. The molecule has 124 valence electrons. The molecule has 2 unspecified atom stereocenters. The van der Waals surface area contributed by atoms with Crippen molar-refractivity contribution in [1.29, 1.82) is 0 Å². The van der Waals surface area contributed by atoms with Gasteiger partial charge in [-0.05, 0) is 18.6 Å². The van der Waals surface area contributed by atoms with Gasteiger partial charge in [-0.15, -0.1) is 11.8 Å². The third-order valence-corrected chi connectivity index (χ3v) is 8.32. The number of ether oxygens (including phenoxy) is 1. The highest BCUT2D eigenvalue weighted by Gasteiger charge is 2.61. The molecule has 0 aliphatic carbocycles. The summed E-state index contributed by atoms with van der Waals surface area (Å²) in [6.07, 6.45) is -2.76. The van der Waals surface area contributed by atoms with E-state index in [2.05, 4.69) is 0 Å². The molecule has 2 heterocycles. The van der Waals surface area contributed by atoms with Gasteiger partial charge in [0.1, 0.15) is 28.9 Å². The first-order valence-corrected chi connectivity index (χ1v) is 9.33. The molecular formula is C11H21NO7S2. The van der Waals surface area contributed by atoms with Crippen molar-refractivity contribution in [3.05, 3.63) is 0 Å². The Morgan fingerprint density at radius 2 is 1.95 bits per heavy atom. The van der Waals surface area contributed by atoms with Gasteiger partial charge in [0, 0.05) is 0 Å². The lowest BCUT2D eigenvalue weighted by Crippen LogP contribution is -2.71. The van der Waals surface area contributed by atoms with Crippen LogP contribution in [-0.2, 0) is 14.6 Å². The molecule has 0 spiro atoms. The van der Waals surface area contributed by atoms with Gasteiger partial charge in [-0.1, -0.05) is 6.42 Å². The number of hydrogen-bond donors (Lipinski definition) is 5. The van der Waals surface area contributed by atoms with Crippen molar-refractivity contribution in [2.24, 2.45) is 5.73 Å². The summed E-state index contributed by atoms with van der Waals surface area (Å²) in [5.74, 6) is 0.643. The van der Waals surface area contributed by atoms with Crippen LogP contribution in [0.25, 0.3) is 0 Å². The van der Waals surface area contributed by atoms with Crippen molar-refractivity contribution in [3.8, 4) is 0 Å². The highest BCUT2D eigenvalue weighted by molar-refractivity contribution is 8.13. The molecule has 2 rings (SSSR count). The molecule has 2 aliphatic rings.